The highest BCUT2D eigenvalue weighted by molar-refractivity contribution is 6.30. The number of aromatic nitrogens is 2. The third kappa shape index (κ3) is 3.75. The van der Waals surface area contributed by atoms with Crippen molar-refractivity contribution in [3.05, 3.63) is 58.9 Å². The van der Waals surface area contributed by atoms with E-state index in [1.54, 1.807) is 30.6 Å². The number of rotatable bonds is 4. The summed E-state index contributed by atoms with van der Waals surface area (Å²) < 4.78 is 0. The second-order valence-corrected chi connectivity index (χ2v) is 4.15. The highest BCUT2D eigenvalue weighted by atomic mass is 35.5. The first-order valence-corrected chi connectivity index (χ1v) is 5.81. The minimum Gasteiger partial charge on any atom is -0.348 e. The molecule has 2 N–H and O–H groups in total. The summed E-state index contributed by atoms with van der Waals surface area (Å²) in [5.41, 5.74) is 1.86. The second-order valence-electron chi connectivity index (χ2n) is 3.71. The summed E-state index contributed by atoms with van der Waals surface area (Å²) >= 11 is 5.77. The van der Waals surface area contributed by atoms with Crippen LogP contribution in [0.3, 0.4) is 0 Å². The first-order chi connectivity index (χ1) is 8.74. The van der Waals surface area contributed by atoms with Crippen molar-refractivity contribution in [2.24, 2.45) is 0 Å². The number of hydrogen-bond acceptors (Lipinski definition) is 2. The fourth-order valence-corrected chi connectivity index (χ4v) is 1.49. The second kappa shape index (κ2) is 6.02. The van der Waals surface area contributed by atoms with Crippen molar-refractivity contribution in [3.63, 3.8) is 0 Å². The molecule has 0 radical (unpaired) electrons. The van der Waals surface area contributed by atoms with E-state index in [-0.39, 0.29) is 5.91 Å². The number of amides is 1. The van der Waals surface area contributed by atoms with Crippen molar-refractivity contribution in [3.8, 4) is 0 Å². The molecule has 1 amide bonds. The molecule has 0 saturated carbocycles. The summed E-state index contributed by atoms with van der Waals surface area (Å²) in [6.45, 7) is 0.459. The predicted molar refractivity (Wildman–Crippen MR) is 70.9 cm³/mol. The minimum absolute atomic E-state index is 0.147. The number of carbonyl (C=O) groups excluding carboxylic acids is 1. The minimum atomic E-state index is -0.147. The van der Waals surface area contributed by atoms with Gasteiger partial charge >= 0.3 is 0 Å². The van der Waals surface area contributed by atoms with Gasteiger partial charge in [-0.15, -0.1) is 0 Å². The van der Waals surface area contributed by atoms with E-state index in [2.05, 4.69) is 15.5 Å². The molecule has 0 unspecified atom stereocenters. The van der Waals surface area contributed by atoms with Gasteiger partial charge in [0.25, 0.3) is 0 Å². The fraction of sp³-hybridized carbons (Fsp3) is 0.0769. The van der Waals surface area contributed by atoms with Gasteiger partial charge in [0, 0.05) is 29.4 Å². The highest BCUT2D eigenvalue weighted by Gasteiger charge is 1.97. The van der Waals surface area contributed by atoms with Crippen molar-refractivity contribution >= 4 is 23.6 Å². The lowest BCUT2D eigenvalue weighted by Crippen LogP contribution is -2.19. The largest absolute Gasteiger partial charge is 0.348 e. The summed E-state index contributed by atoms with van der Waals surface area (Å²) in [6.07, 6.45) is 6.64. The van der Waals surface area contributed by atoms with Gasteiger partial charge in [-0.05, 0) is 23.8 Å². The Kier molecular flexibility index (Phi) is 4.15. The smallest absolute Gasteiger partial charge is 0.244 e. The van der Waals surface area contributed by atoms with E-state index in [1.165, 1.54) is 6.08 Å². The maximum Gasteiger partial charge on any atom is 0.244 e. The van der Waals surface area contributed by atoms with Crippen molar-refractivity contribution in [1.82, 2.24) is 15.5 Å². The van der Waals surface area contributed by atoms with Crippen LogP contribution in [0.5, 0.6) is 0 Å². The highest BCUT2D eigenvalue weighted by Crippen LogP contribution is 2.10. The Balaban J connectivity index is 1.85. The van der Waals surface area contributed by atoms with Gasteiger partial charge in [0.2, 0.25) is 5.91 Å². The third-order valence-electron chi connectivity index (χ3n) is 2.32. The van der Waals surface area contributed by atoms with Crippen LogP contribution >= 0.6 is 11.6 Å². The van der Waals surface area contributed by atoms with Crippen LogP contribution in [0.15, 0.2) is 42.7 Å². The Labute approximate surface area is 110 Å². The zero-order chi connectivity index (χ0) is 12.8. The first-order valence-electron chi connectivity index (χ1n) is 5.43. The molecule has 0 aliphatic rings. The Morgan fingerprint density at radius 3 is 2.83 bits per heavy atom. The van der Waals surface area contributed by atoms with Crippen LogP contribution in [0.1, 0.15) is 11.1 Å². The lowest BCUT2D eigenvalue weighted by atomic mass is 10.2. The number of benzene rings is 1. The molecule has 0 bridgehead atoms. The van der Waals surface area contributed by atoms with Crippen LogP contribution in [0, 0.1) is 0 Å². The molecule has 0 fully saturated rings. The summed E-state index contributed by atoms with van der Waals surface area (Å²) in [6, 6.07) is 7.26. The first kappa shape index (κ1) is 12.4. The van der Waals surface area contributed by atoms with Gasteiger partial charge in [-0.1, -0.05) is 23.7 Å². The summed E-state index contributed by atoms with van der Waals surface area (Å²) in [7, 11) is 0. The number of carbonyl (C=O) groups is 1. The topological polar surface area (TPSA) is 57.8 Å². The summed E-state index contributed by atoms with van der Waals surface area (Å²) in [5.74, 6) is -0.147. The lowest BCUT2D eigenvalue weighted by Gasteiger charge is -1.98. The van der Waals surface area contributed by atoms with Crippen LogP contribution in [0.4, 0.5) is 0 Å². The van der Waals surface area contributed by atoms with Crippen LogP contribution < -0.4 is 5.32 Å². The predicted octanol–water partition coefficient (Wildman–Crippen LogP) is 2.39. The molecule has 0 aliphatic carbocycles. The number of halogens is 1. The molecule has 4 nitrogen and oxygen atoms in total. The maximum atomic E-state index is 11.5. The Morgan fingerprint density at radius 2 is 2.17 bits per heavy atom. The van der Waals surface area contributed by atoms with Gasteiger partial charge in [0.05, 0.1) is 6.20 Å². The lowest BCUT2D eigenvalue weighted by molar-refractivity contribution is -0.116. The van der Waals surface area contributed by atoms with Gasteiger partial charge in [-0.25, -0.2) is 0 Å². The van der Waals surface area contributed by atoms with Gasteiger partial charge < -0.3 is 5.32 Å². The van der Waals surface area contributed by atoms with Gasteiger partial charge in [0.1, 0.15) is 0 Å². The maximum absolute atomic E-state index is 11.5. The third-order valence-corrected chi connectivity index (χ3v) is 2.57. The molecule has 0 aliphatic heterocycles. The van der Waals surface area contributed by atoms with Gasteiger partial charge in [-0.2, -0.15) is 5.10 Å². The van der Waals surface area contributed by atoms with Gasteiger partial charge in [0.15, 0.2) is 0 Å². The summed E-state index contributed by atoms with van der Waals surface area (Å²) in [4.78, 5) is 11.5. The summed E-state index contributed by atoms with van der Waals surface area (Å²) in [5, 5.41) is 9.91. The van der Waals surface area contributed by atoms with Crippen molar-refractivity contribution in [2.75, 3.05) is 0 Å². The van der Waals surface area contributed by atoms with Gasteiger partial charge in [-0.3, -0.25) is 9.89 Å². The van der Waals surface area contributed by atoms with E-state index in [1.807, 2.05) is 12.1 Å². The van der Waals surface area contributed by atoms with E-state index in [9.17, 15) is 4.79 Å². The number of hydrogen-bond donors (Lipinski definition) is 2. The molecule has 0 atom stereocenters. The van der Waals surface area contributed by atoms with E-state index >= 15 is 0 Å². The van der Waals surface area contributed by atoms with Crippen LogP contribution in [-0.2, 0) is 11.3 Å². The van der Waals surface area contributed by atoms with E-state index in [4.69, 9.17) is 11.6 Å². The quantitative estimate of drug-likeness (QED) is 0.831. The molecule has 2 aromatic rings. The average Bonchev–Trinajstić information content (AvgIpc) is 2.89. The van der Waals surface area contributed by atoms with Crippen molar-refractivity contribution in [1.29, 1.82) is 0 Å². The molecule has 1 aromatic carbocycles. The molecule has 1 aromatic heterocycles. The zero-order valence-electron chi connectivity index (χ0n) is 9.56. The van der Waals surface area contributed by atoms with E-state index in [0.717, 1.165) is 11.1 Å². The average molecular weight is 262 g/mol. The van der Waals surface area contributed by atoms with Crippen LogP contribution in [-0.4, -0.2) is 16.1 Å². The van der Waals surface area contributed by atoms with E-state index < -0.39 is 0 Å². The molecular weight excluding hydrogens is 250 g/mol. The molecule has 0 spiro atoms. The molecule has 1 heterocycles. The number of H-pyrrole nitrogens is 1. The fourth-order valence-electron chi connectivity index (χ4n) is 1.37. The van der Waals surface area contributed by atoms with Crippen LogP contribution in [0.25, 0.3) is 6.08 Å². The normalized spacial score (nSPS) is 10.7. The molecule has 0 saturated heterocycles. The Morgan fingerprint density at radius 1 is 1.39 bits per heavy atom. The molecule has 5 heteroatoms. The number of nitrogens with one attached hydrogen (secondary N) is 2. The monoisotopic (exact) mass is 261 g/mol. The van der Waals surface area contributed by atoms with Crippen molar-refractivity contribution in [2.45, 2.75) is 6.54 Å². The standard InChI is InChI=1S/C13H12ClN3O/c14-12-4-1-10(2-5-12)3-6-13(18)15-7-11-8-16-17-9-11/h1-6,8-9H,7H2,(H,15,18)(H,16,17)/b6-3+. The zero-order valence-corrected chi connectivity index (χ0v) is 10.3. The van der Waals surface area contributed by atoms with E-state index in [0.29, 0.717) is 11.6 Å². The van der Waals surface area contributed by atoms with Crippen molar-refractivity contribution < 1.29 is 4.79 Å². The Bertz CT molecular complexity index is 532. The Hall–Kier alpha value is -2.07. The molecular formula is C13H12ClN3O. The van der Waals surface area contributed by atoms with Crippen LogP contribution in [0.2, 0.25) is 5.02 Å². The number of nitrogens with zero attached hydrogens (tertiary/aromatic N) is 1. The number of aromatic amines is 1. The molecule has 2 rings (SSSR count). The molecule has 18 heavy (non-hydrogen) atoms. The SMILES string of the molecule is O=C(/C=C/c1ccc(Cl)cc1)NCc1cn[nH]c1. The molecule has 92 valence electrons.